The zero-order valence-corrected chi connectivity index (χ0v) is 17.6. The Bertz CT molecular complexity index is 823. The van der Waals surface area contributed by atoms with E-state index in [1.807, 2.05) is 19.1 Å². The predicted octanol–water partition coefficient (Wildman–Crippen LogP) is 2.02. The molecule has 8 heteroatoms. The van der Waals surface area contributed by atoms with Crippen LogP contribution in [0, 0.1) is 5.82 Å². The minimum absolute atomic E-state index is 0.0445. The van der Waals surface area contributed by atoms with Crippen molar-refractivity contribution in [1.82, 2.24) is 15.5 Å². The summed E-state index contributed by atoms with van der Waals surface area (Å²) in [7, 11) is 3.43. The van der Waals surface area contributed by atoms with Crippen LogP contribution in [-0.2, 0) is 6.54 Å². The van der Waals surface area contributed by atoms with Crippen LogP contribution >= 0.6 is 0 Å². The second-order valence-electron chi connectivity index (χ2n) is 6.89. The highest BCUT2D eigenvalue weighted by Gasteiger charge is 2.09. The largest absolute Gasteiger partial charge is 0.491 e. The molecule has 162 valence electrons. The summed E-state index contributed by atoms with van der Waals surface area (Å²) in [5.74, 6) is 0.672. The van der Waals surface area contributed by atoms with Crippen LogP contribution < -0.4 is 15.4 Å². The maximum atomic E-state index is 12.9. The molecule has 0 saturated heterocycles. The van der Waals surface area contributed by atoms with Gasteiger partial charge in [-0.3, -0.25) is 4.79 Å². The summed E-state index contributed by atoms with van der Waals surface area (Å²) in [4.78, 5) is 18.0. The molecule has 2 aromatic carbocycles. The number of guanidine groups is 1. The molecule has 0 bridgehead atoms. The number of nitrogens with zero attached hydrogens (tertiary/aromatic N) is 2. The smallest absolute Gasteiger partial charge is 0.253 e. The van der Waals surface area contributed by atoms with E-state index >= 15 is 0 Å². The van der Waals surface area contributed by atoms with Crippen LogP contribution in [0.2, 0.25) is 0 Å². The fourth-order valence-corrected chi connectivity index (χ4v) is 2.52. The number of hydrogen-bond acceptors (Lipinski definition) is 4. The number of carbonyl (C=O) groups is 1. The molecule has 0 aromatic heterocycles. The first kappa shape index (κ1) is 23.2. The van der Waals surface area contributed by atoms with E-state index < -0.39 is 6.10 Å². The minimum Gasteiger partial charge on any atom is -0.491 e. The number of aliphatic imine (C=N–C) groups is 1. The highest BCUT2D eigenvalue weighted by molar-refractivity contribution is 5.93. The second-order valence-corrected chi connectivity index (χ2v) is 6.89. The van der Waals surface area contributed by atoms with Crippen molar-refractivity contribution in [3.63, 3.8) is 0 Å². The first-order valence-electron chi connectivity index (χ1n) is 9.78. The first-order chi connectivity index (χ1) is 14.4. The highest BCUT2D eigenvalue weighted by atomic mass is 19.1. The van der Waals surface area contributed by atoms with Gasteiger partial charge >= 0.3 is 0 Å². The van der Waals surface area contributed by atoms with E-state index in [1.165, 1.54) is 29.2 Å². The Morgan fingerprint density at radius 3 is 2.40 bits per heavy atom. The van der Waals surface area contributed by atoms with Gasteiger partial charge in [0.05, 0.1) is 6.54 Å². The standard InChI is InChI=1S/C22H29FN4O3/c1-4-24-22(25-13-16-5-7-17(8-6-16)21(29)27(2)3)26-14-19(28)15-30-20-11-9-18(23)10-12-20/h5-12,19,28H,4,13-15H2,1-3H3,(H2,24,25,26). The lowest BCUT2D eigenvalue weighted by Gasteiger charge is -2.16. The van der Waals surface area contributed by atoms with E-state index in [0.29, 0.717) is 30.4 Å². The van der Waals surface area contributed by atoms with Gasteiger partial charge in [-0.15, -0.1) is 0 Å². The molecule has 2 rings (SSSR count). The molecule has 30 heavy (non-hydrogen) atoms. The van der Waals surface area contributed by atoms with E-state index in [0.717, 1.165) is 5.56 Å². The predicted molar refractivity (Wildman–Crippen MR) is 115 cm³/mol. The van der Waals surface area contributed by atoms with Crippen molar-refractivity contribution >= 4 is 11.9 Å². The molecule has 1 unspecified atom stereocenters. The summed E-state index contributed by atoms with van der Waals surface area (Å²) in [6, 6.07) is 12.9. The van der Waals surface area contributed by atoms with Crippen LogP contribution in [0.25, 0.3) is 0 Å². The van der Waals surface area contributed by atoms with Crippen molar-refractivity contribution in [3.8, 4) is 5.75 Å². The summed E-state index contributed by atoms with van der Waals surface area (Å²) in [6.45, 7) is 3.36. The Morgan fingerprint density at radius 1 is 1.13 bits per heavy atom. The maximum Gasteiger partial charge on any atom is 0.253 e. The lowest BCUT2D eigenvalue weighted by atomic mass is 10.1. The zero-order valence-electron chi connectivity index (χ0n) is 17.6. The van der Waals surface area contributed by atoms with Gasteiger partial charge in [0.1, 0.15) is 24.3 Å². The lowest BCUT2D eigenvalue weighted by molar-refractivity contribution is 0.0827. The van der Waals surface area contributed by atoms with E-state index in [2.05, 4.69) is 15.6 Å². The van der Waals surface area contributed by atoms with Crippen LogP contribution in [0.3, 0.4) is 0 Å². The third kappa shape index (κ3) is 7.71. The fraction of sp³-hybridized carbons (Fsp3) is 0.364. The van der Waals surface area contributed by atoms with Gasteiger partial charge in [0, 0.05) is 32.7 Å². The average molecular weight is 416 g/mol. The molecule has 0 fully saturated rings. The minimum atomic E-state index is -0.768. The molecule has 0 aliphatic rings. The normalized spacial score (nSPS) is 12.2. The number of ether oxygens (including phenoxy) is 1. The molecule has 7 nitrogen and oxygen atoms in total. The summed E-state index contributed by atoms with van der Waals surface area (Å²) in [5.41, 5.74) is 1.59. The number of amides is 1. The van der Waals surface area contributed by atoms with Crippen molar-refractivity contribution in [2.24, 2.45) is 4.99 Å². The quantitative estimate of drug-likeness (QED) is 0.430. The van der Waals surface area contributed by atoms with Gasteiger partial charge in [0.25, 0.3) is 5.91 Å². The second kappa shape index (κ2) is 11.8. The Kier molecular flexibility index (Phi) is 9.08. The number of hydrogen-bond donors (Lipinski definition) is 3. The third-order valence-corrected chi connectivity index (χ3v) is 4.13. The molecule has 0 radical (unpaired) electrons. The number of halogens is 1. The van der Waals surface area contributed by atoms with Gasteiger partial charge in [-0.1, -0.05) is 12.1 Å². The van der Waals surface area contributed by atoms with Crippen molar-refractivity contribution in [3.05, 3.63) is 65.5 Å². The monoisotopic (exact) mass is 416 g/mol. The van der Waals surface area contributed by atoms with E-state index in [1.54, 1.807) is 26.2 Å². The number of rotatable bonds is 9. The topological polar surface area (TPSA) is 86.2 Å². The lowest BCUT2D eigenvalue weighted by Crippen LogP contribution is -2.42. The third-order valence-electron chi connectivity index (χ3n) is 4.13. The van der Waals surface area contributed by atoms with Crippen molar-refractivity contribution < 1.29 is 19.0 Å². The number of nitrogens with one attached hydrogen (secondary N) is 2. The molecule has 0 spiro atoms. The van der Waals surface area contributed by atoms with Gasteiger partial charge in [-0.2, -0.15) is 0 Å². The number of benzene rings is 2. The van der Waals surface area contributed by atoms with Gasteiger partial charge in [0.2, 0.25) is 0 Å². The molecule has 2 aromatic rings. The van der Waals surface area contributed by atoms with Crippen molar-refractivity contribution in [2.45, 2.75) is 19.6 Å². The fourth-order valence-electron chi connectivity index (χ4n) is 2.52. The summed E-state index contributed by atoms with van der Waals surface area (Å²) >= 11 is 0. The Hall–Kier alpha value is -3.13. The average Bonchev–Trinajstić information content (AvgIpc) is 2.75. The van der Waals surface area contributed by atoms with Gasteiger partial charge in [-0.05, 0) is 48.9 Å². The Balaban J connectivity index is 1.84. The van der Waals surface area contributed by atoms with Crippen LogP contribution in [-0.4, -0.2) is 61.8 Å². The van der Waals surface area contributed by atoms with Crippen LogP contribution in [0.4, 0.5) is 4.39 Å². The SMILES string of the molecule is CCNC(=NCc1ccc(C(=O)N(C)C)cc1)NCC(O)COc1ccc(F)cc1. The number of aliphatic hydroxyl groups is 1. The summed E-state index contributed by atoms with van der Waals surface area (Å²) < 4.78 is 18.3. The summed E-state index contributed by atoms with van der Waals surface area (Å²) in [5, 5.41) is 16.3. The maximum absolute atomic E-state index is 12.9. The van der Waals surface area contributed by atoms with E-state index in [-0.39, 0.29) is 24.9 Å². The number of carbonyl (C=O) groups excluding carboxylic acids is 1. The summed E-state index contributed by atoms with van der Waals surface area (Å²) in [6.07, 6.45) is -0.768. The molecular formula is C22H29FN4O3. The van der Waals surface area contributed by atoms with Gasteiger partial charge in [0.15, 0.2) is 5.96 Å². The van der Waals surface area contributed by atoms with Crippen molar-refractivity contribution in [2.75, 3.05) is 33.8 Å². The molecule has 0 heterocycles. The van der Waals surface area contributed by atoms with Crippen LogP contribution in [0.15, 0.2) is 53.5 Å². The molecule has 3 N–H and O–H groups in total. The number of aliphatic hydroxyl groups excluding tert-OH is 1. The van der Waals surface area contributed by atoms with Crippen LogP contribution in [0.5, 0.6) is 5.75 Å². The van der Waals surface area contributed by atoms with Gasteiger partial charge in [-0.25, -0.2) is 9.38 Å². The highest BCUT2D eigenvalue weighted by Crippen LogP contribution is 2.11. The van der Waals surface area contributed by atoms with E-state index in [9.17, 15) is 14.3 Å². The Morgan fingerprint density at radius 2 is 1.80 bits per heavy atom. The molecule has 0 aliphatic heterocycles. The molecule has 1 amide bonds. The molecule has 1 atom stereocenters. The molecule has 0 aliphatic carbocycles. The van der Waals surface area contributed by atoms with Crippen LogP contribution in [0.1, 0.15) is 22.8 Å². The van der Waals surface area contributed by atoms with Gasteiger partial charge < -0.3 is 25.4 Å². The Labute approximate surface area is 176 Å². The molecular weight excluding hydrogens is 387 g/mol. The van der Waals surface area contributed by atoms with Crippen molar-refractivity contribution in [1.29, 1.82) is 0 Å². The van der Waals surface area contributed by atoms with E-state index in [4.69, 9.17) is 4.74 Å². The zero-order chi connectivity index (χ0) is 21.9. The first-order valence-corrected chi connectivity index (χ1v) is 9.78. The molecule has 0 saturated carbocycles.